The van der Waals surface area contributed by atoms with Crippen LogP contribution in [0.5, 0.6) is 5.75 Å². The van der Waals surface area contributed by atoms with Crippen LogP contribution in [-0.4, -0.2) is 12.9 Å². The van der Waals surface area contributed by atoms with Crippen LogP contribution >= 0.6 is 27.7 Å². The lowest BCUT2D eigenvalue weighted by Gasteiger charge is -2.08. The zero-order chi connectivity index (χ0) is 8.97. The number of rotatable bonds is 3. The molecule has 1 aromatic rings. The molecule has 0 spiro atoms. The zero-order valence-corrected chi connectivity index (χ0v) is 9.54. The lowest BCUT2D eigenvalue weighted by molar-refractivity contribution is 0.402. The minimum atomic E-state index is 0.935. The molecule has 0 fully saturated rings. The Bertz CT molecular complexity index is 263. The van der Waals surface area contributed by atoms with Crippen LogP contribution in [0.3, 0.4) is 0 Å². The first-order chi connectivity index (χ1) is 5.79. The van der Waals surface area contributed by atoms with E-state index >= 15 is 0 Å². The Hall–Kier alpha value is -0.150. The third-order valence-electron chi connectivity index (χ3n) is 1.43. The van der Waals surface area contributed by atoms with Gasteiger partial charge in [-0.05, 0) is 33.8 Å². The highest BCUT2D eigenvalue weighted by atomic mass is 79.9. The molecule has 0 aliphatic heterocycles. The second-order valence-electron chi connectivity index (χ2n) is 2.20. The van der Waals surface area contributed by atoms with E-state index in [4.69, 9.17) is 4.74 Å². The van der Waals surface area contributed by atoms with Crippen LogP contribution in [0.1, 0.15) is 6.92 Å². The summed E-state index contributed by atoms with van der Waals surface area (Å²) < 4.78 is 6.28. The number of halogens is 1. The molecule has 3 heteroatoms. The van der Waals surface area contributed by atoms with Gasteiger partial charge in [-0.25, -0.2) is 0 Å². The predicted octanol–water partition coefficient (Wildman–Crippen LogP) is 3.57. The van der Waals surface area contributed by atoms with Gasteiger partial charge in [-0.3, -0.25) is 0 Å². The summed E-state index contributed by atoms with van der Waals surface area (Å²) in [7, 11) is 1.69. The SMILES string of the molecule is CCSc1cccc(Br)c1OC. The van der Waals surface area contributed by atoms with Crippen molar-refractivity contribution in [2.24, 2.45) is 0 Å². The molecule has 0 saturated carbocycles. The van der Waals surface area contributed by atoms with Crippen molar-refractivity contribution in [2.75, 3.05) is 12.9 Å². The number of hydrogen-bond acceptors (Lipinski definition) is 2. The van der Waals surface area contributed by atoms with Crippen LogP contribution in [-0.2, 0) is 0 Å². The predicted molar refractivity (Wildman–Crippen MR) is 57.1 cm³/mol. The molecule has 0 bridgehead atoms. The summed E-state index contributed by atoms with van der Waals surface area (Å²) in [5.41, 5.74) is 0. The molecule has 12 heavy (non-hydrogen) atoms. The summed E-state index contributed by atoms with van der Waals surface area (Å²) in [5, 5.41) is 0. The van der Waals surface area contributed by atoms with Crippen LogP contribution in [0.4, 0.5) is 0 Å². The van der Waals surface area contributed by atoms with Crippen molar-refractivity contribution in [1.29, 1.82) is 0 Å². The lowest BCUT2D eigenvalue weighted by atomic mass is 10.3. The molecule has 1 rings (SSSR count). The van der Waals surface area contributed by atoms with Crippen LogP contribution < -0.4 is 4.74 Å². The van der Waals surface area contributed by atoms with Crippen LogP contribution in [0, 0.1) is 0 Å². The van der Waals surface area contributed by atoms with E-state index in [9.17, 15) is 0 Å². The number of thioether (sulfide) groups is 1. The van der Waals surface area contributed by atoms with E-state index in [-0.39, 0.29) is 0 Å². The fourth-order valence-corrected chi connectivity index (χ4v) is 2.43. The van der Waals surface area contributed by atoms with Crippen molar-refractivity contribution in [2.45, 2.75) is 11.8 Å². The lowest BCUT2D eigenvalue weighted by Crippen LogP contribution is -1.87. The monoisotopic (exact) mass is 246 g/mol. The molecule has 0 radical (unpaired) electrons. The standard InChI is InChI=1S/C9H11BrOS/c1-3-12-8-6-4-5-7(10)9(8)11-2/h4-6H,3H2,1-2H3. The van der Waals surface area contributed by atoms with Crippen molar-refractivity contribution in [1.82, 2.24) is 0 Å². The first-order valence-electron chi connectivity index (χ1n) is 3.75. The molecule has 0 amide bonds. The maximum atomic E-state index is 5.26. The van der Waals surface area contributed by atoms with Crippen molar-refractivity contribution in [3.63, 3.8) is 0 Å². The Morgan fingerprint density at radius 3 is 2.83 bits per heavy atom. The summed E-state index contributed by atoms with van der Waals surface area (Å²) >= 11 is 5.22. The van der Waals surface area contributed by atoms with Gasteiger partial charge in [0.05, 0.1) is 16.5 Å². The number of methoxy groups -OCH3 is 1. The smallest absolute Gasteiger partial charge is 0.146 e. The van der Waals surface area contributed by atoms with Crippen LogP contribution in [0.2, 0.25) is 0 Å². The Labute approximate surface area is 85.6 Å². The molecule has 1 aromatic carbocycles. The molecule has 1 nitrogen and oxygen atoms in total. The molecular weight excluding hydrogens is 236 g/mol. The first kappa shape index (κ1) is 9.93. The molecule has 0 aliphatic rings. The second kappa shape index (κ2) is 4.77. The average molecular weight is 247 g/mol. The van der Waals surface area contributed by atoms with Gasteiger partial charge in [0.25, 0.3) is 0 Å². The summed E-state index contributed by atoms with van der Waals surface area (Å²) in [5.74, 6) is 2.00. The van der Waals surface area contributed by atoms with Crippen molar-refractivity contribution < 1.29 is 4.74 Å². The summed E-state index contributed by atoms with van der Waals surface area (Å²) in [6.45, 7) is 2.13. The maximum absolute atomic E-state index is 5.26. The largest absolute Gasteiger partial charge is 0.494 e. The topological polar surface area (TPSA) is 9.23 Å². The summed E-state index contributed by atoms with van der Waals surface area (Å²) in [6.07, 6.45) is 0. The molecular formula is C9H11BrOS. The van der Waals surface area contributed by atoms with Gasteiger partial charge in [-0.15, -0.1) is 11.8 Å². The summed E-state index contributed by atoms with van der Waals surface area (Å²) in [4.78, 5) is 1.19. The van der Waals surface area contributed by atoms with Gasteiger partial charge in [0.2, 0.25) is 0 Å². The number of hydrogen-bond donors (Lipinski definition) is 0. The van der Waals surface area contributed by atoms with E-state index in [1.54, 1.807) is 18.9 Å². The number of para-hydroxylation sites is 1. The van der Waals surface area contributed by atoms with Crippen molar-refractivity contribution in [3.8, 4) is 5.75 Å². The van der Waals surface area contributed by atoms with E-state index in [1.807, 2.05) is 12.1 Å². The molecule has 0 N–H and O–H groups in total. The maximum Gasteiger partial charge on any atom is 0.146 e. The number of ether oxygens (including phenoxy) is 1. The van der Waals surface area contributed by atoms with Gasteiger partial charge in [-0.1, -0.05) is 13.0 Å². The molecule has 0 saturated heterocycles. The quantitative estimate of drug-likeness (QED) is 0.755. The van der Waals surface area contributed by atoms with Gasteiger partial charge < -0.3 is 4.74 Å². The fraction of sp³-hybridized carbons (Fsp3) is 0.333. The normalized spacial score (nSPS) is 9.92. The Morgan fingerprint density at radius 1 is 1.50 bits per heavy atom. The van der Waals surface area contributed by atoms with Crippen molar-refractivity contribution in [3.05, 3.63) is 22.7 Å². The fourth-order valence-electron chi connectivity index (χ4n) is 0.956. The van der Waals surface area contributed by atoms with E-state index in [2.05, 4.69) is 28.9 Å². The van der Waals surface area contributed by atoms with Crippen LogP contribution in [0.15, 0.2) is 27.6 Å². The van der Waals surface area contributed by atoms with Gasteiger partial charge in [0.1, 0.15) is 5.75 Å². The van der Waals surface area contributed by atoms with Gasteiger partial charge in [-0.2, -0.15) is 0 Å². The van der Waals surface area contributed by atoms with Gasteiger partial charge >= 0.3 is 0 Å². The first-order valence-corrected chi connectivity index (χ1v) is 5.52. The van der Waals surface area contributed by atoms with Gasteiger partial charge in [0, 0.05) is 0 Å². The average Bonchev–Trinajstić information content (AvgIpc) is 2.05. The highest BCUT2D eigenvalue weighted by molar-refractivity contribution is 9.10. The molecule has 0 heterocycles. The van der Waals surface area contributed by atoms with Crippen LogP contribution in [0.25, 0.3) is 0 Å². The highest BCUT2D eigenvalue weighted by Crippen LogP contribution is 2.35. The Balaban J connectivity index is 3.00. The molecule has 0 aliphatic carbocycles. The van der Waals surface area contributed by atoms with E-state index in [0.29, 0.717) is 0 Å². The Kier molecular flexibility index (Phi) is 3.95. The summed E-state index contributed by atoms with van der Waals surface area (Å²) in [6, 6.07) is 6.07. The zero-order valence-electron chi connectivity index (χ0n) is 7.13. The molecule has 0 unspecified atom stereocenters. The van der Waals surface area contributed by atoms with Gasteiger partial charge in [0.15, 0.2) is 0 Å². The minimum Gasteiger partial charge on any atom is -0.494 e. The van der Waals surface area contributed by atoms with Crippen molar-refractivity contribution >= 4 is 27.7 Å². The molecule has 0 atom stereocenters. The highest BCUT2D eigenvalue weighted by Gasteiger charge is 2.05. The Morgan fingerprint density at radius 2 is 2.25 bits per heavy atom. The second-order valence-corrected chi connectivity index (χ2v) is 4.36. The third-order valence-corrected chi connectivity index (χ3v) is 2.98. The van der Waals surface area contributed by atoms with E-state index in [1.165, 1.54) is 4.90 Å². The number of benzene rings is 1. The van der Waals surface area contributed by atoms with E-state index in [0.717, 1.165) is 16.0 Å². The minimum absolute atomic E-state index is 0.935. The molecule has 66 valence electrons. The molecule has 0 aromatic heterocycles. The van der Waals surface area contributed by atoms with E-state index < -0.39 is 0 Å². The third kappa shape index (κ3) is 2.17.